The highest BCUT2D eigenvalue weighted by atomic mass is 32.2. The standard InChI is InChI=1S/C10H21NO3S/c1-10(2)6-3-5-9(10)11-15(13,14)8-4-7-12/h9,11-12H,3-8H2,1-2H3. The lowest BCUT2D eigenvalue weighted by atomic mass is 9.88. The van der Waals surface area contributed by atoms with Gasteiger partial charge in [-0.25, -0.2) is 13.1 Å². The summed E-state index contributed by atoms with van der Waals surface area (Å²) in [7, 11) is -3.21. The Kier molecular flexibility index (Phi) is 4.14. The molecule has 0 radical (unpaired) electrons. The first-order valence-corrected chi connectivity index (χ1v) is 7.13. The maximum atomic E-state index is 11.6. The molecule has 1 saturated carbocycles. The van der Waals surface area contributed by atoms with E-state index in [1.165, 1.54) is 0 Å². The van der Waals surface area contributed by atoms with Crippen molar-refractivity contribution in [1.29, 1.82) is 0 Å². The molecule has 0 aliphatic heterocycles. The molecule has 0 amide bonds. The third kappa shape index (κ3) is 3.74. The molecule has 1 atom stereocenters. The number of rotatable bonds is 5. The highest BCUT2D eigenvalue weighted by Crippen LogP contribution is 2.37. The Morgan fingerprint density at radius 2 is 2.13 bits per heavy atom. The summed E-state index contributed by atoms with van der Waals surface area (Å²) in [5.41, 5.74) is 0.0618. The van der Waals surface area contributed by atoms with Gasteiger partial charge in [-0.15, -0.1) is 0 Å². The van der Waals surface area contributed by atoms with Crippen LogP contribution in [0.5, 0.6) is 0 Å². The van der Waals surface area contributed by atoms with Gasteiger partial charge in [0.15, 0.2) is 0 Å². The van der Waals surface area contributed by atoms with Crippen molar-refractivity contribution in [3.8, 4) is 0 Å². The SMILES string of the molecule is CC1(C)CCCC1NS(=O)(=O)CCCO. The van der Waals surface area contributed by atoms with Crippen molar-refractivity contribution >= 4 is 10.0 Å². The zero-order chi connectivity index (χ0) is 11.5. The van der Waals surface area contributed by atoms with Crippen molar-refractivity contribution in [3.63, 3.8) is 0 Å². The van der Waals surface area contributed by atoms with Gasteiger partial charge in [-0.1, -0.05) is 20.3 Å². The molecule has 2 N–H and O–H groups in total. The van der Waals surface area contributed by atoms with E-state index in [0.29, 0.717) is 6.42 Å². The first-order chi connectivity index (χ1) is 6.87. The van der Waals surface area contributed by atoms with E-state index in [4.69, 9.17) is 5.11 Å². The summed E-state index contributed by atoms with van der Waals surface area (Å²) in [5, 5.41) is 8.60. The van der Waals surface area contributed by atoms with Crippen molar-refractivity contribution < 1.29 is 13.5 Å². The van der Waals surface area contributed by atoms with E-state index < -0.39 is 10.0 Å². The molecule has 1 unspecified atom stereocenters. The van der Waals surface area contributed by atoms with Crippen molar-refractivity contribution in [1.82, 2.24) is 4.72 Å². The predicted octanol–water partition coefficient (Wildman–Crippen LogP) is 0.867. The van der Waals surface area contributed by atoms with E-state index in [1.54, 1.807) is 0 Å². The van der Waals surface area contributed by atoms with Crippen LogP contribution in [0.4, 0.5) is 0 Å². The summed E-state index contributed by atoms with van der Waals surface area (Å²) in [6.45, 7) is 4.12. The first kappa shape index (κ1) is 12.9. The van der Waals surface area contributed by atoms with E-state index in [-0.39, 0.29) is 23.8 Å². The molecule has 5 heteroatoms. The van der Waals surface area contributed by atoms with Crippen LogP contribution in [0.3, 0.4) is 0 Å². The van der Waals surface area contributed by atoms with Crippen LogP contribution in [-0.4, -0.2) is 31.9 Å². The van der Waals surface area contributed by atoms with Crippen LogP contribution in [-0.2, 0) is 10.0 Å². The fourth-order valence-electron chi connectivity index (χ4n) is 2.08. The normalized spacial score (nSPS) is 25.7. The van der Waals surface area contributed by atoms with Crippen LogP contribution in [0.1, 0.15) is 39.5 Å². The second-order valence-corrected chi connectivity index (χ2v) is 6.82. The van der Waals surface area contributed by atoms with Gasteiger partial charge in [0, 0.05) is 12.6 Å². The number of hydrogen-bond acceptors (Lipinski definition) is 3. The number of aliphatic hydroxyl groups is 1. The van der Waals surface area contributed by atoms with Gasteiger partial charge in [-0.3, -0.25) is 0 Å². The highest BCUT2D eigenvalue weighted by Gasteiger charge is 2.36. The van der Waals surface area contributed by atoms with Gasteiger partial charge in [-0.05, 0) is 24.7 Å². The number of nitrogens with one attached hydrogen (secondary N) is 1. The zero-order valence-corrected chi connectivity index (χ0v) is 10.3. The molecule has 0 aromatic carbocycles. The Balaban J connectivity index is 2.54. The molecule has 1 fully saturated rings. The Morgan fingerprint density at radius 3 is 2.60 bits per heavy atom. The smallest absolute Gasteiger partial charge is 0.211 e. The zero-order valence-electron chi connectivity index (χ0n) is 9.49. The van der Waals surface area contributed by atoms with Gasteiger partial charge in [0.2, 0.25) is 10.0 Å². The average Bonchev–Trinajstić information content (AvgIpc) is 2.42. The van der Waals surface area contributed by atoms with E-state index in [0.717, 1.165) is 19.3 Å². The van der Waals surface area contributed by atoms with Crippen LogP contribution in [0.15, 0.2) is 0 Å². The lowest BCUT2D eigenvalue weighted by molar-refractivity contribution is 0.293. The van der Waals surface area contributed by atoms with Crippen molar-refractivity contribution in [2.24, 2.45) is 5.41 Å². The Hall–Kier alpha value is -0.130. The number of sulfonamides is 1. The maximum absolute atomic E-state index is 11.6. The fourth-order valence-corrected chi connectivity index (χ4v) is 3.57. The molecular weight excluding hydrogens is 214 g/mol. The minimum atomic E-state index is -3.21. The predicted molar refractivity (Wildman–Crippen MR) is 60.0 cm³/mol. The second-order valence-electron chi connectivity index (χ2n) is 4.95. The quantitative estimate of drug-likeness (QED) is 0.743. The largest absolute Gasteiger partial charge is 0.396 e. The summed E-state index contributed by atoms with van der Waals surface area (Å²) < 4.78 is 26.0. The van der Waals surface area contributed by atoms with E-state index >= 15 is 0 Å². The topological polar surface area (TPSA) is 66.4 Å². The lowest BCUT2D eigenvalue weighted by Crippen LogP contribution is -2.42. The molecule has 15 heavy (non-hydrogen) atoms. The van der Waals surface area contributed by atoms with Crippen LogP contribution < -0.4 is 4.72 Å². The molecule has 1 aliphatic carbocycles. The number of hydrogen-bond donors (Lipinski definition) is 2. The highest BCUT2D eigenvalue weighted by molar-refractivity contribution is 7.89. The van der Waals surface area contributed by atoms with Crippen molar-refractivity contribution in [2.75, 3.05) is 12.4 Å². The maximum Gasteiger partial charge on any atom is 0.211 e. The molecule has 0 heterocycles. The van der Waals surface area contributed by atoms with Gasteiger partial charge in [0.1, 0.15) is 0 Å². The van der Waals surface area contributed by atoms with Crippen LogP contribution in [0.25, 0.3) is 0 Å². The molecule has 1 rings (SSSR count). The average molecular weight is 235 g/mol. The van der Waals surface area contributed by atoms with Gasteiger partial charge in [0.25, 0.3) is 0 Å². The third-order valence-electron chi connectivity index (χ3n) is 3.15. The minimum absolute atomic E-state index is 0.0239. The molecule has 0 aromatic rings. The van der Waals surface area contributed by atoms with Crippen LogP contribution in [0.2, 0.25) is 0 Å². The minimum Gasteiger partial charge on any atom is -0.396 e. The Morgan fingerprint density at radius 1 is 1.47 bits per heavy atom. The molecule has 0 aromatic heterocycles. The molecule has 90 valence electrons. The third-order valence-corrected chi connectivity index (χ3v) is 4.62. The summed E-state index contributed by atoms with van der Waals surface area (Å²) in [6, 6.07) is 0.0567. The molecular formula is C10H21NO3S. The van der Waals surface area contributed by atoms with Crippen molar-refractivity contribution in [3.05, 3.63) is 0 Å². The second kappa shape index (κ2) is 4.80. The molecule has 1 aliphatic rings. The number of aliphatic hydroxyl groups excluding tert-OH is 1. The summed E-state index contributed by atoms with van der Waals surface area (Å²) in [4.78, 5) is 0. The summed E-state index contributed by atoms with van der Waals surface area (Å²) in [5.74, 6) is 0.0239. The van der Waals surface area contributed by atoms with E-state index in [1.807, 2.05) is 0 Å². The van der Waals surface area contributed by atoms with Crippen LogP contribution >= 0.6 is 0 Å². The summed E-state index contributed by atoms with van der Waals surface area (Å²) in [6.07, 6.45) is 3.38. The summed E-state index contributed by atoms with van der Waals surface area (Å²) >= 11 is 0. The Bertz CT molecular complexity index is 298. The van der Waals surface area contributed by atoms with E-state index in [2.05, 4.69) is 18.6 Å². The molecule has 0 saturated heterocycles. The molecule has 0 spiro atoms. The van der Waals surface area contributed by atoms with Crippen LogP contribution in [0, 0.1) is 5.41 Å². The van der Waals surface area contributed by atoms with Gasteiger partial charge in [-0.2, -0.15) is 0 Å². The molecule has 4 nitrogen and oxygen atoms in total. The van der Waals surface area contributed by atoms with Crippen molar-refractivity contribution in [2.45, 2.75) is 45.6 Å². The Labute approximate surface area is 92.1 Å². The monoisotopic (exact) mass is 235 g/mol. The van der Waals surface area contributed by atoms with Gasteiger partial charge >= 0.3 is 0 Å². The first-order valence-electron chi connectivity index (χ1n) is 5.48. The van der Waals surface area contributed by atoms with Gasteiger partial charge in [0.05, 0.1) is 5.75 Å². The lowest BCUT2D eigenvalue weighted by Gasteiger charge is -2.27. The van der Waals surface area contributed by atoms with E-state index in [9.17, 15) is 8.42 Å². The van der Waals surface area contributed by atoms with Gasteiger partial charge < -0.3 is 5.11 Å². The molecule has 0 bridgehead atoms. The fraction of sp³-hybridized carbons (Fsp3) is 1.00.